The van der Waals surface area contributed by atoms with Gasteiger partial charge < -0.3 is 13.9 Å². The Bertz CT molecular complexity index is 1800. The molecule has 0 saturated carbocycles. The number of hydrogen-bond acceptors (Lipinski definition) is 7. The molecule has 2 unspecified atom stereocenters. The second kappa shape index (κ2) is 12.6. The van der Waals surface area contributed by atoms with E-state index in [0.717, 1.165) is 12.0 Å². The number of benzene rings is 3. The molecule has 0 N–H and O–H groups in total. The van der Waals surface area contributed by atoms with Crippen molar-refractivity contribution in [1.29, 1.82) is 0 Å². The maximum absolute atomic E-state index is 13.4. The number of nitrogens with zero attached hydrogens (tertiary/aromatic N) is 2. The van der Waals surface area contributed by atoms with Crippen LogP contribution in [0.5, 0.6) is 5.75 Å². The Labute approximate surface area is 258 Å². The molecule has 0 amide bonds. The topological polar surface area (TPSA) is 105 Å². The molecule has 222 valence electrons. The average molecular weight is 622 g/mol. The Hall–Kier alpha value is -4.14. The molecule has 8 nitrogen and oxygen atoms in total. The number of nitro groups is 1. The van der Waals surface area contributed by atoms with Crippen LogP contribution in [0.4, 0.5) is 5.69 Å². The van der Waals surface area contributed by atoms with Crippen molar-refractivity contribution in [3.8, 4) is 5.75 Å². The SMILES string of the molecule is COc1ccc(C(COC(=O)C(C)c2ccc(CC(C)C)cc2)c2c(Cl)cncc2Cl)c2c1oc1ccc([N+](=O)[O-])cc12. The second-order valence-corrected chi connectivity index (χ2v) is 11.7. The highest BCUT2D eigenvalue weighted by atomic mass is 35.5. The van der Waals surface area contributed by atoms with Gasteiger partial charge in [0.05, 0.1) is 28.0 Å². The molecular formula is C33H30Cl2N2O6. The summed E-state index contributed by atoms with van der Waals surface area (Å²) in [6.07, 6.45) is 3.90. The molecule has 0 bridgehead atoms. The molecule has 0 saturated heterocycles. The van der Waals surface area contributed by atoms with Crippen LogP contribution < -0.4 is 4.74 Å². The number of rotatable bonds is 10. The van der Waals surface area contributed by atoms with Gasteiger partial charge in [0.25, 0.3) is 5.69 Å². The summed E-state index contributed by atoms with van der Waals surface area (Å²) in [4.78, 5) is 28.6. The summed E-state index contributed by atoms with van der Waals surface area (Å²) in [5.41, 5.74) is 3.92. The zero-order valence-electron chi connectivity index (χ0n) is 24.1. The van der Waals surface area contributed by atoms with Gasteiger partial charge in [0.2, 0.25) is 0 Å². The lowest BCUT2D eigenvalue weighted by Gasteiger charge is -2.22. The number of furan rings is 1. The Balaban J connectivity index is 1.58. The van der Waals surface area contributed by atoms with E-state index in [9.17, 15) is 14.9 Å². The van der Waals surface area contributed by atoms with E-state index in [4.69, 9.17) is 37.1 Å². The molecule has 5 aromatic rings. The smallest absolute Gasteiger partial charge is 0.313 e. The number of halogens is 2. The van der Waals surface area contributed by atoms with Crippen molar-refractivity contribution < 1.29 is 23.6 Å². The summed E-state index contributed by atoms with van der Waals surface area (Å²) in [5, 5.41) is 13.3. The molecule has 0 radical (unpaired) electrons. The van der Waals surface area contributed by atoms with Crippen LogP contribution in [-0.2, 0) is 16.0 Å². The number of carbonyl (C=O) groups is 1. The molecule has 0 aliphatic heterocycles. The van der Waals surface area contributed by atoms with E-state index in [-0.39, 0.29) is 22.3 Å². The number of esters is 1. The molecule has 0 spiro atoms. The molecule has 2 aromatic heterocycles. The standard InChI is InChI=1S/C33H30Cl2N2O6/c1-18(2)13-20-5-7-21(8-6-20)19(3)33(38)42-17-25(31-26(34)15-36-16-27(31)35)23-10-12-29(41-4)32-30(23)24-14-22(37(39)40)9-11-28(24)43-32/h5-12,14-16,18-19,25H,13,17H2,1-4H3. The van der Waals surface area contributed by atoms with Crippen LogP contribution in [0.1, 0.15) is 54.9 Å². The van der Waals surface area contributed by atoms with Crippen molar-refractivity contribution in [3.63, 3.8) is 0 Å². The quantitative estimate of drug-likeness (QED) is 0.0871. The van der Waals surface area contributed by atoms with Gasteiger partial charge in [-0.15, -0.1) is 0 Å². The van der Waals surface area contributed by atoms with Gasteiger partial charge in [-0.05, 0) is 48.1 Å². The Morgan fingerprint density at radius 1 is 1.02 bits per heavy atom. The van der Waals surface area contributed by atoms with E-state index >= 15 is 0 Å². The number of non-ortho nitro benzene ring substituents is 1. The van der Waals surface area contributed by atoms with Gasteiger partial charge in [0.1, 0.15) is 12.2 Å². The first-order chi connectivity index (χ1) is 20.6. The van der Waals surface area contributed by atoms with Gasteiger partial charge in [-0.1, -0.05) is 67.4 Å². The molecule has 0 aliphatic carbocycles. The summed E-state index contributed by atoms with van der Waals surface area (Å²) in [7, 11) is 1.51. The van der Waals surface area contributed by atoms with Crippen molar-refractivity contribution in [3.05, 3.63) is 109 Å². The molecule has 2 atom stereocenters. The Morgan fingerprint density at radius 3 is 2.35 bits per heavy atom. The molecular weight excluding hydrogens is 591 g/mol. The largest absolute Gasteiger partial charge is 0.493 e. The van der Waals surface area contributed by atoms with Crippen LogP contribution in [0.25, 0.3) is 21.9 Å². The molecule has 3 aromatic carbocycles. The molecule has 0 fully saturated rings. The van der Waals surface area contributed by atoms with Crippen LogP contribution in [0.3, 0.4) is 0 Å². The number of carbonyl (C=O) groups excluding carboxylic acids is 1. The summed E-state index contributed by atoms with van der Waals surface area (Å²) in [6.45, 7) is 6.02. The minimum Gasteiger partial charge on any atom is -0.493 e. The Morgan fingerprint density at radius 2 is 1.72 bits per heavy atom. The molecule has 10 heteroatoms. The summed E-state index contributed by atoms with van der Waals surface area (Å²) in [6, 6.07) is 15.9. The third kappa shape index (κ3) is 6.17. The number of pyridine rings is 1. The first-order valence-corrected chi connectivity index (χ1v) is 14.6. The van der Waals surface area contributed by atoms with Crippen molar-refractivity contribution in [2.24, 2.45) is 5.92 Å². The number of aromatic nitrogens is 1. The van der Waals surface area contributed by atoms with Crippen LogP contribution in [0.2, 0.25) is 10.0 Å². The third-order valence-electron chi connectivity index (χ3n) is 7.51. The highest BCUT2D eigenvalue weighted by Gasteiger charge is 2.29. The lowest BCUT2D eigenvalue weighted by atomic mass is 9.88. The van der Waals surface area contributed by atoms with Crippen LogP contribution in [0.15, 0.2) is 71.4 Å². The van der Waals surface area contributed by atoms with Crippen LogP contribution >= 0.6 is 23.2 Å². The predicted molar refractivity (Wildman–Crippen MR) is 167 cm³/mol. The number of fused-ring (bicyclic) bond motifs is 3. The monoisotopic (exact) mass is 620 g/mol. The fourth-order valence-corrected chi connectivity index (χ4v) is 5.99. The van der Waals surface area contributed by atoms with Crippen LogP contribution in [-0.4, -0.2) is 29.6 Å². The fraction of sp³-hybridized carbons (Fsp3) is 0.273. The van der Waals surface area contributed by atoms with E-state index < -0.39 is 22.7 Å². The average Bonchev–Trinajstić information content (AvgIpc) is 3.37. The van der Waals surface area contributed by atoms with E-state index in [1.165, 1.54) is 37.2 Å². The Kier molecular flexibility index (Phi) is 8.89. The highest BCUT2D eigenvalue weighted by Crippen LogP contribution is 2.44. The summed E-state index contributed by atoms with van der Waals surface area (Å²) < 4.78 is 17.6. The lowest BCUT2D eigenvalue weighted by molar-refractivity contribution is -0.384. The third-order valence-corrected chi connectivity index (χ3v) is 8.12. The van der Waals surface area contributed by atoms with Crippen molar-refractivity contribution in [2.45, 2.75) is 39.0 Å². The predicted octanol–water partition coefficient (Wildman–Crippen LogP) is 8.88. The molecule has 0 aliphatic rings. The maximum Gasteiger partial charge on any atom is 0.313 e. The molecule has 5 rings (SSSR count). The van der Waals surface area contributed by atoms with Gasteiger partial charge in [-0.25, -0.2) is 0 Å². The molecule has 43 heavy (non-hydrogen) atoms. The molecule has 2 heterocycles. The van der Waals surface area contributed by atoms with Crippen molar-refractivity contribution >= 4 is 56.8 Å². The minimum absolute atomic E-state index is 0.0971. The maximum atomic E-state index is 13.4. The minimum atomic E-state index is -0.666. The van der Waals surface area contributed by atoms with E-state index in [1.807, 2.05) is 24.3 Å². The van der Waals surface area contributed by atoms with Gasteiger partial charge in [0, 0.05) is 46.8 Å². The lowest BCUT2D eigenvalue weighted by Crippen LogP contribution is -2.19. The van der Waals surface area contributed by atoms with Crippen molar-refractivity contribution in [2.75, 3.05) is 13.7 Å². The first-order valence-electron chi connectivity index (χ1n) is 13.8. The van der Waals surface area contributed by atoms with Gasteiger partial charge in [-0.2, -0.15) is 0 Å². The highest BCUT2D eigenvalue weighted by molar-refractivity contribution is 6.36. The fourth-order valence-electron chi connectivity index (χ4n) is 5.36. The van der Waals surface area contributed by atoms with Gasteiger partial charge >= 0.3 is 5.97 Å². The van der Waals surface area contributed by atoms with E-state index in [1.54, 1.807) is 25.1 Å². The normalized spacial score (nSPS) is 12.9. The van der Waals surface area contributed by atoms with Gasteiger partial charge in [-0.3, -0.25) is 19.9 Å². The second-order valence-electron chi connectivity index (χ2n) is 10.9. The first kappa shape index (κ1) is 30.3. The zero-order valence-corrected chi connectivity index (χ0v) is 25.6. The number of ether oxygens (including phenoxy) is 2. The van der Waals surface area contributed by atoms with Crippen LogP contribution in [0, 0.1) is 16.0 Å². The number of nitro benzene ring substituents is 1. The summed E-state index contributed by atoms with van der Waals surface area (Å²) >= 11 is 13.3. The van der Waals surface area contributed by atoms with Gasteiger partial charge in [0.15, 0.2) is 11.3 Å². The van der Waals surface area contributed by atoms with Crippen molar-refractivity contribution in [1.82, 2.24) is 4.98 Å². The number of hydrogen-bond donors (Lipinski definition) is 0. The van der Waals surface area contributed by atoms with E-state index in [2.05, 4.69) is 18.8 Å². The zero-order chi connectivity index (χ0) is 30.8. The summed E-state index contributed by atoms with van der Waals surface area (Å²) in [5.74, 6) is -0.637. The van der Waals surface area contributed by atoms with E-state index in [0.29, 0.717) is 44.7 Å². The number of methoxy groups -OCH3 is 1.